The number of carbonyl (C=O) groups is 2. The summed E-state index contributed by atoms with van der Waals surface area (Å²) >= 11 is 0. The van der Waals surface area contributed by atoms with Crippen LogP contribution >= 0.6 is 0 Å². The fraction of sp³-hybridized carbons (Fsp3) is 0.467. The minimum atomic E-state index is -0.900. The molecule has 1 N–H and O–H groups in total. The molecule has 18 heavy (non-hydrogen) atoms. The van der Waals surface area contributed by atoms with Gasteiger partial charge >= 0.3 is 5.97 Å². The van der Waals surface area contributed by atoms with Crippen LogP contribution in [0.25, 0.3) is 0 Å². The van der Waals surface area contributed by atoms with Gasteiger partial charge in [-0.15, -0.1) is 0 Å². The van der Waals surface area contributed by atoms with Gasteiger partial charge in [0.2, 0.25) is 0 Å². The largest absolute Gasteiger partial charge is 0.481 e. The molecule has 0 fully saturated rings. The Morgan fingerprint density at radius 1 is 1.17 bits per heavy atom. The van der Waals surface area contributed by atoms with Gasteiger partial charge in [-0.3, -0.25) is 9.59 Å². The zero-order valence-corrected chi connectivity index (χ0v) is 11.1. The fourth-order valence-electron chi connectivity index (χ4n) is 1.85. The van der Waals surface area contributed by atoms with Crippen molar-refractivity contribution < 1.29 is 14.7 Å². The average Bonchev–Trinajstić information content (AvgIpc) is 2.35. The van der Waals surface area contributed by atoms with E-state index in [0.717, 1.165) is 6.42 Å². The molecule has 3 heteroatoms. The number of carboxylic acid groups (broad SMARTS) is 1. The van der Waals surface area contributed by atoms with E-state index in [2.05, 4.69) is 6.92 Å². The highest BCUT2D eigenvalue weighted by Crippen LogP contribution is 2.19. The Morgan fingerprint density at radius 3 is 2.11 bits per heavy atom. The van der Waals surface area contributed by atoms with E-state index < -0.39 is 11.9 Å². The molecule has 0 radical (unpaired) electrons. The summed E-state index contributed by atoms with van der Waals surface area (Å²) in [5, 5.41) is 9.07. The van der Waals surface area contributed by atoms with Crippen LogP contribution < -0.4 is 0 Å². The second-order valence-corrected chi connectivity index (χ2v) is 4.87. The standard InChI is InChI=1S/C15H20O3/c1-4-11-5-7-12(8-6-11)14(16)9-13(10(2)3)15(17)18/h5-8,10,13H,4,9H2,1-3H3,(H,17,18). The van der Waals surface area contributed by atoms with E-state index in [1.807, 2.05) is 26.0 Å². The van der Waals surface area contributed by atoms with E-state index in [1.54, 1.807) is 12.1 Å². The van der Waals surface area contributed by atoms with Crippen LogP contribution in [-0.4, -0.2) is 16.9 Å². The first-order chi connectivity index (χ1) is 8.45. The molecule has 1 aromatic carbocycles. The number of rotatable bonds is 6. The highest BCUT2D eigenvalue weighted by Gasteiger charge is 2.24. The molecule has 0 aliphatic rings. The maximum Gasteiger partial charge on any atom is 0.307 e. The number of carboxylic acids is 1. The van der Waals surface area contributed by atoms with Gasteiger partial charge in [-0.05, 0) is 17.9 Å². The first kappa shape index (κ1) is 14.4. The van der Waals surface area contributed by atoms with Gasteiger partial charge in [-0.1, -0.05) is 45.0 Å². The molecule has 0 aliphatic heterocycles. The van der Waals surface area contributed by atoms with Gasteiger partial charge in [-0.2, -0.15) is 0 Å². The number of aliphatic carboxylic acids is 1. The summed E-state index contributed by atoms with van der Waals surface area (Å²) in [5.74, 6) is -1.65. The topological polar surface area (TPSA) is 54.4 Å². The molecular formula is C15H20O3. The number of Topliss-reactive ketones (excluding diaryl/α,β-unsaturated/α-hetero) is 1. The number of ketones is 1. The number of carbonyl (C=O) groups excluding carboxylic acids is 1. The molecular weight excluding hydrogens is 228 g/mol. The predicted octanol–water partition coefficient (Wildman–Crippen LogP) is 3.18. The highest BCUT2D eigenvalue weighted by molar-refractivity contribution is 5.98. The molecule has 1 atom stereocenters. The first-order valence-electron chi connectivity index (χ1n) is 6.30. The third kappa shape index (κ3) is 3.69. The molecule has 0 aliphatic carbocycles. The van der Waals surface area contributed by atoms with Crippen molar-refractivity contribution in [2.24, 2.45) is 11.8 Å². The smallest absolute Gasteiger partial charge is 0.307 e. The maximum atomic E-state index is 12.0. The zero-order chi connectivity index (χ0) is 13.7. The third-order valence-corrected chi connectivity index (χ3v) is 3.21. The average molecular weight is 248 g/mol. The summed E-state index contributed by atoms with van der Waals surface area (Å²) in [6.45, 7) is 5.70. The van der Waals surface area contributed by atoms with Crippen molar-refractivity contribution in [3.05, 3.63) is 35.4 Å². The Bertz CT molecular complexity index is 418. The molecule has 1 aromatic rings. The van der Waals surface area contributed by atoms with Gasteiger partial charge in [0.15, 0.2) is 5.78 Å². The second kappa shape index (κ2) is 6.34. The lowest BCUT2D eigenvalue weighted by atomic mass is 9.89. The van der Waals surface area contributed by atoms with E-state index in [1.165, 1.54) is 5.56 Å². The van der Waals surface area contributed by atoms with Crippen molar-refractivity contribution in [1.82, 2.24) is 0 Å². The van der Waals surface area contributed by atoms with Gasteiger partial charge in [0, 0.05) is 12.0 Å². The lowest BCUT2D eigenvalue weighted by Gasteiger charge is -2.15. The number of hydrogen-bond donors (Lipinski definition) is 1. The van der Waals surface area contributed by atoms with Crippen molar-refractivity contribution in [2.75, 3.05) is 0 Å². The van der Waals surface area contributed by atoms with Crippen molar-refractivity contribution in [1.29, 1.82) is 0 Å². The molecule has 0 spiro atoms. The molecule has 0 saturated heterocycles. The Morgan fingerprint density at radius 2 is 1.72 bits per heavy atom. The van der Waals surface area contributed by atoms with Crippen LogP contribution in [0.5, 0.6) is 0 Å². The van der Waals surface area contributed by atoms with E-state index in [4.69, 9.17) is 5.11 Å². The summed E-state index contributed by atoms with van der Waals surface area (Å²) in [7, 11) is 0. The van der Waals surface area contributed by atoms with Crippen molar-refractivity contribution in [3.8, 4) is 0 Å². The maximum absolute atomic E-state index is 12.0. The third-order valence-electron chi connectivity index (χ3n) is 3.21. The van der Waals surface area contributed by atoms with Gasteiger partial charge in [0.25, 0.3) is 0 Å². The van der Waals surface area contributed by atoms with Crippen LogP contribution in [-0.2, 0) is 11.2 Å². The fourth-order valence-corrected chi connectivity index (χ4v) is 1.85. The highest BCUT2D eigenvalue weighted by atomic mass is 16.4. The lowest BCUT2D eigenvalue weighted by molar-refractivity contribution is -0.143. The Balaban J connectivity index is 2.77. The van der Waals surface area contributed by atoms with E-state index in [9.17, 15) is 9.59 Å². The van der Waals surface area contributed by atoms with Crippen LogP contribution in [0.4, 0.5) is 0 Å². The molecule has 0 saturated carbocycles. The number of hydrogen-bond acceptors (Lipinski definition) is 2. The summed E-state index contributed by atoms with van der Waals surface area (Å²) in [6.07, 6.45) is 0.997. The molecule has 0 heterocycles. The van der Waals surface area contributed by atoms with Gasteiger partial charge < -0.3 is 5.11 Å². The molecule has 0 amide bonds. The minimum absolute atomic E-state index is 0.0404. The van der Waals surface area contributed by atoms with Gasteiger partial charge in [0.1, 0.15) is 0 Å². The number of benzene rings is 1. The molecule has 98 valence electrons. The molecule has 3 nitrogen and oxygen atoms in total. The molecule has 0 aromatic heterocycles. The van der Waals surface area contributed by atoms with E-state index in [0.29, 0.717) is 5.56 Å². The van der Waals surface area contributed by atoms with Crippen molar-refractivity contribution in [2.45, 2.75) is 33.6 Å². The molecule has 0 bridgehead atoms. The number of aryl methyl sites for hydroxylation is 1. The molecule has 1 rings (SSSR count). The monoisotopic (exact) mass is 248 g/mol. The lowest BCUT2D eigenvalue weighted by Crippen LogP contribution is -2.23. The molecule has 1 unspecified atom stereocenters. The van der Waals surface area contributed by atoms with Crippen molar-refractivity contribution in [3.63, 3.8) is 0 Å². The summed E-state index contributed by atoms with van der Waals surface area (Å²) < 4.78 is 0. The van der Waals surface area contributed by atoms with E-state index in [-0.39, 0.29) is 18.1 Å². The van der Waals surface area contributed by atoms with E-state index >= 15 is 0 Å². The predicted molar refractivity (Wildman–Crippen MR) is 70.7 cm³/mol. The second-order valence-electron chi connectivity index (χ2n) is 4.87. The Kier molecular flexibility index (Phi) is 5.08. The zero-order valence-electron chi connectivity index (χ0n) is 11.1. The quantitative estimate of drug-likeness (QED) is 0.787. The summed E-state index contributed by atoms with van der Waals surface area (Å²) in [5.41, 5.74) is 1.77. The van der Waals surface area contributed by atoms with Crippen LogP contribution in [0.1, 0.15) is 43.1 Å². The SMILES string of the molecule is CCc1ccc(C(=O)CC(C(=O)O)C(C)C)cc1. The van der Waals surface area contributed by atoms with Crippen molar-refractivity contribution >= 4 is 11.8 Å². The van der Waals surface area contributed by atoms with Gasteiger partial charge in [-0.25, -0.2) is 0 Å². The Labute approximate surface area is 108 Å². The minimum Gasteiger partial charge on any atom is -0.481 e. The van der Waals surface area contributed by atoms with Crippen LogP contribution in [0.2, 0.25) is 0 Å². The summed E-state index contributed by atoms with van der Waals surface area (Å²) in [4.78, 5) is 23.1. The normalized spacial score (nSPS) is 12.4. The Hall–Kier alpha value is -1.64. The first-order valence-corrected chi connectivity index (χ1v) is 6.30. The van der Waals surface area contributed by atoms with Crippen LogP contribution in [0.3, 0.4) is 0 Å². The summed E-state index contributed by atoms with van der Waals surface area (Å²) in [6, 6.07) is 7.39. The van der Waals surface area contributed by atoms with Crippen LogP contribution in [0.15, 0.2) is 24.3 Å². The van der Waals surface area contributed by atoms with Gasteiger partial charge in [0.05, 0.1) is 5.92 Å². The van der Waals surface area contributed by atoms with Crippen LogP contribution in [0, 0.1) is 11.8 Å².